The van der Waals surface area contributed by atoms with Crippen molar-refractivity contribution in [1.29, 1.82) is 0 Å². The molecule has 21 heavy (non-hydrogen) atoms. The summed E-state index contributed by atoms with van der Waals surface area (Å²) < 4.78 is 19.1. The van der Waals surface area contributed by atoms with E-state index in [0.717, 1.165) is 0 Å². The van der Waals surface area contributed by atoms with Crippen molar-refractivity contribution in [1.82, 2.24) is 4.98 Å². The van der Waals surface area contributed by atoms with Gasteiger partial charge in [0, 0.05) is 10.7 Å². The number of hydrogen-bond donors (Lipinski definition) is 2. The Labute approximate surface area is 128 Å². The molecule has 110 valence electrons. The Morgan fingerprint density at radius 2 is 2.14 bits per heavy atom. The second-order valence-corrected chi connectivity index (χ2v) is 5.16. The van der Waals surface area contributed by atoms with E-state index in [1.54, 1.807) is 18.3 Å². The van der Waals surface area contributed by atoms with Crippen LogP contribution in [-0.2, 0) is 9.53 Å². The van der Waals surface area contributed by atoms with E-state index in [1.807, 2.05) is 0 Å². The molecule has 2 N–H and O–H groups in total. The lowest BCUT2D eigenvalue weighted by Crippen LogP contribution is -2.30. The maximum absolute atomic E-state index is 13.6. The molecule has 0 unspecified atom stereocenters. The number of amides is 1. The van der Waals surface area contributed by atoms with Crippen LogP contribution in [0.4, 0.5) is 10.1 Å². The number of nitrogens with one attached hydrogen (secondary N) is 2. The molecule has 2 aromatic rings. The van der Waals surface area contributed by atoms with Crippen LogP contribution in [0.5, 0.6) is 0 Å². The SMILES string of the molecule is C[C@H](OC(=O)c1ccc[nH]1)C(=O)Nc1ccc(Br)cc1F. The van der Waals surface area contributed by atoms with Gasteiger partial charge in [0.2, 0.25) is 0 Å². The molecule has 0 aliphatic carbocycles. The summed E-state index contributed by atoms with van der Waals surface area (Å²) in [6.45, 7) is 1.41. The number of esters is 1. The average Bonchev–Trinajstić information content (AvgIpc) is 2.95. The number of benzene rings is 1. The Balaban J connectivity index is 1.98. The summed E-state index contributed by atoms with van der Waals surface area (Å²) in [7, 11) is 0. The van der Waals surface area contributed by atoms with E-state index < -0.39 is 23.8 Å². The third-order valence-electron chi connectivity index (χ3n) is 2.66. The molecule has 0 bridgehead atoms. The normalized spacial score (nSPS) is 11.8. The Kier molecular flexibility index (Phi) is 4.74. The zero-order chi connectivity index (χ0) is 15.4. The predicted octanol–water partition coefficient (Wildman–Crippen LogP) is 3.10. The number of rotatable bonds is 4. The molecule has 0 aliphatic rings. The molecule has 5 nitrogen and oxygen atoms in total. The van der Waals surface area contributed by atoms with Gasteiger partial charge < -0.3 is 15.0 Å². The van der Waals surface area contributed by atoms with Crippen LogP contribution < -0.4 is 5.32 Å². The molecule has 0 saturated carbocycles. The van der Waals surface area contributed by atoms with Crippen molar-refractivity contribution in [3.8, 4) is 0 Å². The molecule has 0 aliphatic heterocycles. The van der Waals surface area contributed by atoms with E-state index in [1.165, 1.54) is 25.1 Å². The molecule has 0 fully saturated rings. The van der Waals surface area contributed by atoms with E-state index in [9.17, 15) is 14.0 Å². The minimum atomic E-state index is -1.05. The molecular formula is C14H12BrFN2O3. The minimum Gasteiger partial charge on any atom is -0.448 e. The minimum absolute atomic E-state index is 0.0194. The van der Waals surface area contributed by atoms with Gasteiger partial charge in [0.25, 0.3) is 5.91 Å². The maximum atomic E-state index is 13.6. The fraction of sp³-hybridized carbons (Fsp3) is 0.143. The topological polar surface area (TPSA) is 71.2 Å². The second-order valence-electron chi connectivity index (χ2n) is 4.24. The molecule has 1 aromatic carbocycles. The first kappa shape index (κ1) is 15.2. The molecule has 1 amide bonds. The van der Waals surface area contributed by atoms with Crippen molar-refractivity contribution in [3.05, 3.63) is 52.5 Å². The zero-order valence-electron chi connectivity index (χ0n) is 11.0. The van der Waals surface area contributed by atoms with Crippen LogP contribution in [0.25, 0.3) is 0 Å². The highest BCUT2D eigenvalue weighted by Crippen LogP contribution is 2.19. The van der Waals surface area contributed by atoms with Crippen molar-refractivity contribution < 1.29 is 18.7 Å². The molecule has 1 aromatic heterocycles. The lowest BCUT2D eigenvalue weighted by atomic mass is 10.3. The first-order valence-corrected chi connectivity index (χ1v) is 6.87. The molecule has 7 heteroatoms. The van der Waals surface area contributed by atoms with Crippen LogP contribution in [0.2, 0.25) is 0 Å². The molecule has 1 atom stereocenters. The molecule has 2 rings (SSSR count). The van der Waals surface area contributed by atoms with Gasteiger partial charge in [-0.2, -0.15) is 0 Å². The highest BCUT2D eigenvalue weighted by Gasteiger charge is 2.20. The van der Waals surface area contributed by atoms with Gasteiger partial charge in [-0.3, -0.25) is 4.79 Å². The van der Waals surface area contributed by atoms with E-state index >= 15 is 0 Å². The van der Waals surface area contributed by atoms with Crippen LogP contribution in [0, 0.1) is 5.82 Å². The number of anilines is 1. The summed E-state index contributed by atoms with van der Waals surface area (Å²) in [5.41, 5.74) is 0.260. The third kappa shape index (κ3) is 3.91. The van der Waals surface area contributed by atoms with E-state index in [-0.39, 0.29) is 11.4 Å². The highest BCUT2D eigenvalue weighted by molar-refractivity contribution is 9.10. The number of ether oxygens (including phenoxy) is 1. The summed E-state index contributed by atoms with van der Waals surface area (Å²) in [5, 5.41) is 2.37. The van der Waals surface area contributed by atoms with E-state index in [4.69, 9.17) is 4.74 Å². The van der Waals surface area contributed by atoms with Gasteiger partial charge in [0.15, 0.2) is 6.10 Å². The van der Waals surface area contributed by atoms with Crippen molar-refractivity contribution in [2.24, 2.45) is 0 Å². The highest BCUT2D eigenvalue weighted by atomic mass is 79.9. The van der Waals surface area contributed by atoms with Crippen molar-refractivity contribution in [2.45, 2.75) is 13.0 Å². The van der Waals surface area contributed by atoms with Gasteiger partial charge in [-0.1, -0.05) is 15.9 Å². The monoisotopic (exact) mass is 354 g/mol. The third-order valence-corrected chi connectivity index (χ3v) is 3.15. The molecule has 0 radical (unpaired) electrons. The number of carbonyl (C=O) groups is 2. The molecule has 0 spiro atoms. The lowest BCUT2D eigenvalue weighted by Gasteiger charge is -2.13. The first-order valence-electron chi connectivity index (χ1n) is 6.07. The zero-order valence-corrected chi connectivity index (χ0v) is 12.6. The summed E-state index contributed by atoms with van der Waals surface area (Å²) in [4.78, 5) is 26.2. The number of halogens is 2. The average molecular weight is 355 g/mol. The Morgan fingerprint density at radius 3 is 2.76 bits per heavy atom. The summed E-state index contributed by atoms with van der Waals surface area (Å²) in [6.07, 6.45) is 0.516. The van der Waals surface area contributed by atoms with Gasteiger partial charge in [-0.15, -0.1) is 0 Å². The predicted molar refractivity (Wildman–Crippen MR) is 78.4 cm³/mol. The second kappa shape index (κ2) is 6.53. The number of aromatic amines is 1. The van der Waals surface area contributed by atoms with Crippen LogP contribution in [-0.4, -0.2) is 23.0 Å². The first-order chi connectivity index (χ1) is 9.97. The lowest BCUT2D eigenvalue weighted by molar-refractivity contribution is -0.123. The quantitative estimate of drug-likeness (QED) is 0.828. The van der Waals surface area contributed by atoms with Crippen molar-refractivity contribution >= 4 is 33.5 Å². The van der Waals surface area contributed by atoms with Crippen LogP contribution >= 0.6 is 15.9 Å². The van der Waals surface area contributed by atoms with E-state index in [2.05, 4.69) is 26.2 Å². The van der Waals surface area contributed by atoms with Gasteiger partial charge in [0.05, 0.1) is 5.69 Å². The van der Waals surface area contributed by atoms with Crippen LogP contribution in [0.3, 0.4) is 0 Å². The Hall–Kier alpha value is -2.15. The standard InChI is InChI=1S/C14H12BrFN2O3/c1-8(21-14(20)12-3-2-6-17-12)13(19)18-11-5-4-9(15)7-10(11)16/h2-8,17H,1H3,(H,18,19)/t8-/m0/s1. The number of H-pyrrole nitrogens is 1. The summed E-state index contributed by atoms with van der Waals surface area (Å²) in [6, 6.07) is 7.40. The Bertz CT molecular complexity index is 658. The molecule has 0 saturated heterocycles. The van der Waals surface area contributed by atoms with Gasteiger partial charge >= 0.3 is 5.97 Å². The smallest absolute Gasteiger partial charge is 0.355 e. The maximum Gasteiger partial charge on any atom is 0.355 e. The van der Waals surface area contributed by atoms with Gasteiger partial charge in [-0.25, -0.2) is 9.18 Å². The largest absolute Gasteiger partial charge is 0.448 e. The van der Waals surface area contributed by atoms with E-state index in [0.29, 0.717) is 4.47 Å². The summed E-state index contributed by atoms with van der Waals surface area (Å²) >= 11 is 3.12. The summed E-state index contributed by atoms with van der Waals surface area (Å²) in [5.74, 6) is -1.85. The fourth-order valence-corrected chi connectivity index (χ4v) is 1.89. The van der Waals surface area contributed by atoms with Gasteiger partial charge in [-0.05, 0) is 37.3 Å². The molecule has 1 heterocycles. The van der Waals surface area contributed by atoms with Crippen molar-refractivity contribution in [3.63, 3.8) is 0 Å². The van der Waals surface area contributed by atoms with Gasteiger partial charge in [0.1, 0.15) is 11.5 Å². The fourth-order valence-electron chi connectivity index (χ4n) is 1.56. The van der Waals surface area contributed by atoms with Crippen LogP contribution in [0.15, 0.2) is 41.0 Å². The van der Waals surface area contributed by atoms with Crippen molar-refractivity contribution in [2.75, 3.05) is 5.32 Å². The Morgan fingerprint density at radius 1 is 1.38 bits per heavy atom. The molecular weight excluding hydrogens is 343 g/mol. The van der Waals surface area contributed by atoms with Crippen LogP contribution in [0.1, 0.15) is 17.4 Å². The number of carbonyl (C=O) groups excluding carboxylic acids is 2. The number of aromatic nitrogens is 1. The number of hydrogen-bond acceptors (Lipinski definition) is 3.